The van der Waals surface area contributed by atoms with Gasteiger partial charge in [-0.3, -0.25) is 14.6 Å². The van der Waals surface area contributed by atoms with Gasteiger partial charge in [0, 0.05) is 29.4 Å². The molecule has 0 fully saturated rings. The minimum atomic E-state index is -0.314. The maximum absolute atomic E-state index is 12.8. The fourth-order valence-electron chi connectivity index (χ4n) is 2.97. The van der Waals surface area contributed by atoms with Crippen LogP contribution in [0.1, 0.15) is 36.7 Å². The molecule has 2 amide bonds. The van der Waals surface area contributed by atoms with Crippen molar-refractivity contribution < 1.29 is 19.1 Å². The molecule has 0 unspecified atom stereocenters. The van der Waals surface area contributed by atoms with Gasteiger partial charge in [0.15, 0.2) is 11.5 Å². The van der Waals surface area contributed by atoms with Gasteiger partial charge in [0.05, 0.1) is 5.56 Å². The van der Waals surface area contributed by atoms with Crippen LogP contribution in [-0.2, 0) is 6.54 Å². The van der Waals surface area contributed by atoms with Crippen LogP contribution in [0.15, 0.2) is 42.7 Å². The zero-order valence-electron chi connectivity index (χ0n) is 15.9. The fourth-order valence-corrected chi connectivity index (χ4v) is 4.03. The Morgan fingerprint density at radius 1 is 1.14 bits per heavy atom. The van der Waals surface area contributed by atoms with Gasteiger partial charge in [-0.1, -0.05) is 6.07 Å². The highest BCUT2D eigenvalue weighted by Gasteiger charge is 2.22. The minimum Gasteiger partial charge on any atom is -0.454 e. The highest BCUT2D eigenvalue weighted by atomic mass is 32.1. The first-order valence-electron chi connectivity index (χ1n) is 9.01. The quantitative estimate of drug-likeness (QED) is 0.671. The van der Waals surface area contributed by atoms with Crippen molar-refractivity contribution in [2.45, 2.75) is 20.4 Å². The van der Waals surface area contributed by atoms with Crippen LogP contribution in [0.4, 0.5) is 5.00 Å². The number of nitrogens with zero attached hydrogens (tertiary/aromatic N) is 1. The summed E-state index contributed by atoms with van der Waals surface area (Å²) in [7, 11) is 0. The van der Waals surface area contributed by atoms with Crippen molar-refractivity contribution in [2.24, 2.45) is 0 Å². The molecule has 0 radical (unpaired) electrons. The molecule has 29 heavy (non-hydrogen) atoms. The van der Waals surface area contributed by atoms with Crippen LogP contribution in [0.3, 0.4) is 0 Å². The number of benzene rings is 1. The topological polar surface area (TPSA) is 89.5 Å². The second kappa shape index (κ2) is 7.92. The molecule has 1 aliphatic rings. The Labute approximate surface area is 171 Å². The number of thiophene rings is 1. The van der Waals surface area contributed by atoms with Gasteiger partial charge in [-0.25, -0.2) is 0 Å². The molecule has 3 heterocycles. The summed E-state index contributed by atoms with van der Waals surface area (Å²) in [6, 6.07) is 8.70. The van der Waals surface area contributed by atoms with E-state index in [0.29, 0.717) is 34.2 Å². The average Bonchev–Trinajstić information content (AvgIpc) is 3.30. The first kappa shape index (κ1) is 18.9. The average molecular weight is 409 g/mol. The second-order valence-corrected chi connectivity index (χ2v) is 7.78. The van der Waals surface area contributed by atoms with Gasteiger partial charge < -0.3 is 20.1 Å². The number of nitrogens with one attached hydrogen (secondary N) is 2. The number of hydrogen-bond acceptors (Lipinski definition) is 6. The number of anilines is 1. The number of aromatic nitrogens is 1. The predicted molar refractivity (Wildman–Crippen MR) is 110 cm³/mol. The van der Waals surface area contributed by atoms with E-state index in [0.717, 1.165) is 16.0 Å². The van der Waals surface area contributed by atoms with Crippen LogP contribution >= 0.6 is 11.3 Å². The van der Waals surface area contributed by atoms with Crippen LogP contribution in [0.2, 0.25) is 0 Å². The zero-order chi connectivity index (χ0) is 20.4. The number of hydrogen-bond donors (Lipinski definition) is 2. The number of amides is 2. The lowest BCUT2D eigenvalue weighted by atomic mass is 10.1. The highest BCUT2D eigenvalue weighted by Crippen LogP contribution is 2.35. The lowest BCUT2D eigenvalue weighted by Gasteiger charge is -2.09. The molecule has 8 heteroatoms. The number of ether oxygens (including phenoxy) is 2. The molecule has 1 aliphatic heterocycles. The molecule has 1 aromatic carbocycles. The highest BCUT2D eigenvalue weighted by molar-refractivity contribution is 7.16. The first-order chi connectivity index (χ1) is 14.0. The van der Waals surface area contributed by atoms with E-state index in [1.807, 2.05) is 26.0 Å². The van der Waals surface area contributed by atoms with E-state index in [1.54, 1.807) is 30.6 Å². The molecule has 0 bridgehead atoms. The third kappa shape index (κ3) is 3.93. The minimum absolute atomic E-state index is 0.144. The predicted octanol–water partition coefficient (Wildman–Crippen LogP) is 3.67. The molecule has 3 aromatic rings. The van der Waals surface area contributed by atoms with E-state index in [1.165, 1.54) is 11.3 Å². The van der Waals surface area contributed by atoms with Crippen LogP contribution in [-0.4, -0.2) is 23.6 Å². The summed E-state index contributed by atoms with van der Waals surface area (Å²) in [4.78, 5) is 30.6. The Morgan fingerprint density at radius 3 is 2.76 bits per heavy atom. The third-order valence-corrected chi connectivity index (χ3v) is 5.77. The van der Waals surface area contributed by atoms with Gasteiger partial charge in [0.2, 0.25) is 6.79 Å². The summed E-state index contributed by atoms with van der Waals surface area (Å²) < 4.78 is 10.6. The van der Waals surface area contributed by atoms with Gasteiger partial charge in [-0.05, 0) is 49.2 Å². The Kier molecular flexibility index (Phi) is 5.18. The molecular weight excluding hydrogens is 390 g/mol. The smallest absolute Gasteiger partial charge is 0.256 e. The molecule has 0 saturated heterocycles. The molecular formula is C21H19N3O4S. The fraction of sp³-hybridized carbons (Fsp3) is 0.190. The second-order valence-electron chi connectivity index (χ2n) is 6.55. The summed E-state index contributed by atoms with van der Waals surface area (Å²) in [6.45, 7) is 4.30. The maximum atomic E-state index is 12.8. The Hall–Kier alpha value is -3.39. The monoisotopic (exact) mass is 409 g/mol. The third-order valence-electron chi connectivity index (χ3n) is 4.65. The number of rotatable bonds is 5. The molecule has 0 spiro atoms. The molecule has 7 nitrogen and oxygen atoms in total. The van der Waals surface area contributed by atoms with Crippen LogP contribution in [0.5, 0.6) is 11.5 Å². The van der Waals surface area contributed by atoms with Crippen molar-refractivity contribution in [1.82, 2.24) is 10.3 Å². The summed E-state index contributed by atoms with van der Waals surface area (Å²) in [5.74, 6) is 0.591. The van der Waals surface area contributed by atoms with E-state index >= 15 is 0 Å². The van der Waals surface area contributed by atoms with Crippen LogP contribution in [0, 0.1) is 13.8 Å². The zero-order valence-corrected chi connectivity index (χ0v) is 16.8. The maximum Gasteiger partial charge on any atom is 0.256 e. The van der Waals surface area contributed by atoms with Crippen molar-refractivity contribution in [2.75, 3.05) is 12.1 Å². The van der Waals surface area contributed by atoms with Crippen molar-refractivity contribution >= 4 is 28.2 Å². The number of pyridine rings is 1. The van der Waals surface area contributed by atoms with Gasteiger partial charge in [-0.15, -0.1) is 11.3 Å². The van der Waals surface area contributed by atoms with Gasteiger partial charge in [0.1, 0.15) is 5.00 Å². The normalized spacial score (nSPS) is 11.9. The lowest BCUT2D eigenvalue weighted by Crippen LogP contribution is -2.24. The van der Waals surface area contributed by atoms with E-state index in [2.05, 4.69) is 15.6 Å². The number of carbonyl (C=O) groups excluding carboxylic acids is 2. The van der Waals surface area contributed by atoms with E-state index in [-0.39, 0.29) is 18.6 Å². The van der Waals surface area contributed by atoms with Crippen LogP contribution < -0.4 is 20.1 Å². The summed E-state index contributed by atoms with van der Waals surface area (Å²) in [6.07, 6.45) is 3.38. The van der Waals surface area contributed by atoms with E-state index in [9.17, 15) is 9.59 Å². The Morgan fingerprint density at radius 2 is 1.97 bits per heavy atom. The molecule has 2 aromatic heterocycles. The van der Waals surface area contributed by atoms with Crippen molar-refractivity contribution in [3.8, 4) is 11.5 Å². The van der Waals surface area contributed by atoms with Crippen LogP contribution in [0.25, 0.3) is 0 Å². The summed E-state index contributed by atoms with van der Waals surface area (Å²) in [5, 5.41) is 6.29. The lowest BCUT2D eigenvalue weighted by molar-refractivity contribution is 0.0951. The standard InChI is InChI=1S/C21H19N3O4S/c1-12-13(2)29-21(18(12)20(26)23-10-14-4-3-7-22-9-14)24-19(25)15-5-6-16-17(8-15)28-11-27-16/h3-9H,10-11H2,1-2H3,(H,23,26)(H,24,25). The van der Waals surface area contributed by atoms with Crippen molar-refractivity contribution in [3.63, 3.8) is 0 Å². The Bertz CT molecular complexity index is 1080. The molecule has 0 aliphatic carbocycles. The molecule has 4 rings (SSSR count). The number of carbonyl (C=O) groups is 2. The number of aryl methyl sites for hydroxylation is 1. The van der Waals surface area contributed by atoms with Crippen molar-refractivity contribution in [1.29, 1.82) is 0 Å². The summed E-state index contributed by atoms with van der Waals surface area (Å²) in [5.41, 5.74) is 2.65. The molecule has 0 saturated carbocycles. The van der Waals surface area contributed by atoms with Crippen molar-refractivity contribution in [3.05, 3.63) is 69.9 Å². The summed E-state index contributed by atoms with van der Waals surface area (Å²) >= 11 is 1.38. The van der Waals surface area contributed by atoms with Gasteiger partial charge >= 0.3 is 0 Å². The molecule has 148 valence electrons. The van der Waals surface area contributed by atoms with E-state index < -0.39 is 0 Å². The van der Waals surface area contributed by atoms with E-state index in [4.69, 9.17) is 9.47 Å². The first-order valence-corrected chi connectivity index (χ1v) is 9.82. The molecule has 0 atom stereocenters. The number of fused-ring (bicyclic) bond motifs is 1. The Balaban J connectivity index is 1.52. The SMILES string of the molecule is Cc1sc(NC(=O)c2ccc3c(c2)OCO3)c(C(=O)NCc2cccnc2)c1C. The van der Waals surface area contributed by atoms with Gasteiger partial charge in [0.25, 0.3) is 11.8 Å². The largest absolute Gasteiger partial charge is 0.454 e. The molecule has 2 N–H and O–H groups in total. The van der Waals surface area contributed by atoms with Gasteiger partial charge in [-0.2, -0.15) is 0 Å².